The predicted octanol–water partition coefficient (Wildman–Crippen LogP) is -0.0151. The summed E-state index contributed by atoms with van der Waals surface area (Å²) < 4.78 is 0. The number of rotatable bonds is 3. The summed E-state index contributed by atoms with van der Waals surface area (Å²) in [6.07, 6.45) is 0.662. The van der Waals surface area contributed by atoms with Gasteiger partial charge in [0.2, 0.25) is 11.8 Å². The molecule has 3 N–H and O–H groups in total. The summed E-state index contributed by atoms with van der Waals surface area (Å²) in [4.78, 5) is 22.9. The molecule has 0 saturated carbocycles. The first kappa shape index (κ1) is 15.5. The van der Waals surface area contributed by atoms with Gasteiger partial charge in [0, 0.05) is 13.6 Å². The van der Waals surface area contributed by atoms with Crippen LogP contribution in [0.4, 0.5) is 0 Å². The van der Waals surface area contributed by atoms with Gasteiger partial charge >= 0.3 is 0 Å². The van der Waals surface area contributed by atoms with Gasteiger partial charge in [-0.05, 0) is 17.5 Å². The van der Waals surface area contributed by atoms with Crippen molar-refractivity contribution in [3.63, 3.8) is 0 Å². The van der Waals surface area contributed by atoms with Gasteiger partial charge < -0.3 is 16.0 Å². The fourth-order valence-corrected chi connectivity index (χ4v) is 2.02. The lowest BCUT2D eigenvalue weighted by atomic mass is 9.95. The van der Waals surface area contributed by atoms with Crippen molar-refractivity contribution in [2.75, 3.05) is 13.6 Å². The molecule has 1 aromatic rings. The zero-order valence-corrected chi connectivity index (χ0v) is 11.5. The van der Waals surface area contributed by atoms with Crippen LogP contribution in [-0.4, -0.2) is 31.4 Å². The van der Waals surface area contributed by atoms with Crippen molar-refractivity contribution in [2.24, 2.45) is 0 Å². The molecule has 1 unspecified atom stereocenters. The van der Waals surface area contributed by atoms with Gasteiger partial charge in [0.1, 0.15) is 0 Å². The molecule has 0 fully saturated rings. The van der Waals surface area contributed by atoms with Gasteiger partial charge in [-0.2, -0.15) is 0 Å². The monoisotopic (exact) mass is 283 g/mol. The number of fused-ring (bicyclic) bond motifs is 1. The normalized spacial score (nSPS) is 16.8. The average Bonchev–Trinajstić information content (AvgIpc) is 2.43. The zero-order chi connectivity index (χ0) is 13.0. The van der Waals surface area contributed by atoms with Crippen LogP contribution in [0.2, 0.25) is 0 Å². The van der Waals surface area contributed by atoms with Crippen molar-refractivity contribution >= 4 is 24.2 Å². The lowest BCUT2D eigenvalue weighted by molar-refractivity contribution is -0.127. The van der Waals surface area contributed by atoms with Gasteiger partial charge in [0.25, 0.3) is 0 Å². The van der Waals surface area contributed by atoms with Gasteiger partial charge in [-0.15, -0.1) is 12.4 Å². The third-order valence-electron chi connectivity index (χ3n) is 3.10. The molecular formula is C13H18ClN3O2. The molecule has 0 spiro atoms. The Hall–Kier alpha value is -1.59. The van der Waals surface area contributed by atoms with Crippen LogP contribution in [0.3, 0.4) is 0 Å². The van der Waals surface area contributed by atoms with Crippen molar-refractivity contribution in [2.45, 2.75) is 19.0 Å². The fraction of sp³-hybridized carbons (Fsp3) is 0.385. The highest BCUT2D eigenvalue weighted by atomic mass is 35.5. The van der Waals surface area contributed by atoms with Crippen LogP contribution in [0, 0.1) is 0 Å². The first-order valence-corrected chi connectivity index (χ1v) is 5.99. The molecule has 1 atom stereocenters. The molecule has 0 aliphatic carbocycles. The Morgan fingerprint density at radius 1 is 1.32 bits per heavy atom. The van der Waals surface area contributed by atoms with Crippen LogP contribution < -0.4 is 16.0 Å². The van der Waals surface area contributed by atoms with E-state index in [1.54, 1.807) is 7.05 Å². The maximum Gasteiger partial charge on any atom is 0.239 e. The smallest absolute Gasteiger partial charge is 0.239 e. The number of likely N-dealkylation sites (N-methyl/N-ethyl adjacent to an activating group) is 1. The molecule has 5 nitrogen and oxygen atoms in total. The molecule has 0 bridgehead atoms. The highest BCUT2D eigenvalue weighted by Crippen LogP contribution is 2.16. The molecule has 19 heavy (non-hydrogen) atoms. The highest BCUT2D eigenvalue weighted by molar-refractivity contribution is 5.87. The molecule has 1 aromatic carbocycles. The largest absolute Gasteiger partial charge is 0.358 e. The molecule has 0 aromatic heterocycles. The minimum absolute atomic E-state index is 0. The Balaban J connectivity index is 0.00000180. The van der Waals surface area contributed by atoms with Crippen molar-refractivity contribution < 1.29 is 9.59 Å². The predicted molar refractivity (Wildman–Crippen MR) is 75.1 cm³/mol. The number of halogens is 1. The minimum atomic E-state index is -0.260. The van der Waals surface area contributed by atoms with E-state index in [4.69, 9.17) is 0 Å². The van der Waals surface area contributed by atoms with Crippen LogP contribution >= 0.6 is 12.4 Å². The third-order valence-corrected chi connectivity index (χ3v) is 3.10. The van der Waals surface area contributed by atoms with Crippen LogP contribution in [0.25, 0.3) is 0 Å². The van der Waals surface area contributed by atoms with Crippen LogP contribution in [-0.2, 0) is 22.6 Å². The van der Waals surface area contributed by atoms with Crippen LogP contribution in [0.1, 0.15) is 11.1 Å². The van der Waals surface area contributed by atoms with E-state index in [0.717, 1.165) is 0 Å². The molecule has 1 heterocycles. The van der Waals surface area contributed by atoms with Crippen LogP contribution in [0.5, 0.6) is 0 Å². The summed E-state index contributed by atoms with van der Waals surface area (Å²) in [5.41, 5.74) is 2.42. The molecule has 0 saturated heterocycles. The third kappa shape index (κ3) is 3.94. The highest BCUT2D eigenvalue weighted by Gasteiger charge is 2.23. The van der Waals surface area contributed by atoms with Crippen molar-refractivity contribution in [3.8, 4) is 0 Å². The summed E-state index contributed by atoms with van der Waals surface area (Å²) in [5.74, 6) is -0.326. The summed E-state index contributed by atoms with van der Waals surface area (Å²) in [6, 6.07) is 7.80. The maximum absolute atomic E-state index is 11.9. The number of carbonyl (C=O) groups is 2. The first-order valence-electron chi connectivity index (χ1n) is 5.99. The van der Waals surface area contributed by atoms with E-state index < -0.39 is 0 Å². The van der Waals surface area contributed by atoms with Crippen LogP contribution in [0.15, 0.2) is 24.3 Å². The van der Waals surface area contributed by atoms with Crippen molar-refractivity contribution in [1.82, 2.24) is 16.0 Å². The standard InChI is InChI=1S/C13H17N3O2.ClH/c1-14-12(17)8-16-13(18)11-6-9-4-2-3-5-10(9)7-15-11;/h2-5,11,15H,6-8H2,1H3,(H,14,17)(H,16,18);1H. The number of benzene rings is 1. The molecule has 1 aliphatic rings. The second-order valence-corrected chi connectivity index (χ2v) is 4.30. The Morgan fingerprint density at radius 2 is 2.00 bits per heavy atom. The van der Waals surface area contributed by atoms with Gasteiger partial charge in [-0.25, -0.2) is 0 Å². The van der Waals surface area contributed by atoms with E-state index in [2.05, 4.69) is 22.0 Å². The molecular weight excluding hydrogens is 266 g/mol. The Kier molecular flexibility index (Phi) is 5.79. The first-order chi connectivity index (χ1) is 8.70. The minimum Gasteiger partial charge on any atom is -0.358 e. The quantitative estimate of drug-likeness (QED) is 0.730. The maximum atomic E-state index is 11.9. The Morgan fingerprint density at radius 3 is 2.68 bits per heavy atom. The fourth-order valence-electron chi connectivity index (χ4n) is 2.02. The van der Waals surface area contributed by atoms with Crippen molar-refractivity contribution in [1.29, 1.82) is 0 Å². The second-order valence-electron chi connectivity index (χ2n) is 4.30. The van der Waals surface area contributed by atoms with Gasteiger partial charge in [0.05, 0.1) is 12.6 Å². The summed E-state index contributed by atoms with van der Waals surface area (Å²) >= 11 is 0. The molecule has 104 valence electrons. The Bertz CT molecular complexity index is 465. The Labute approximate surface area is 118 Å². The average molecular weight is 284 g/mol. The molecule has 6 heteroatoms. The molecule has 2 amide bonds. The number of hydrogen-bond donors (Lipinski definition) is 3. The summed E-state index contributed by atoms with van der Waals surface area (Å²) in [7, 11) is 1.55. The molecule has 1 aliphatic heterocycles. The molecule has 2 rings (SSSR count). The van der Waals surface area contributed by atoms with Gasteiger partial charge in [0.15, 0.2) is 0 Å². The number of carbonyl (C=O) groups excluding carboxylic acids is 2. The lowest BCUT2D eigenvalue weighted by Gasteiger charge is -2.25. The second kappa shape index (κ2) is 7.11. The summed E-state index contributed by atoms with van der Waals surface area (Å²) in [5, 5.41) is 8.26. The van der Waals surface area contributed by atoms with E-state index in [1.807, 2.05) is 18.2 Å². The number of amides is 2. The van der Waals surface area contributed by atoms with Crippen molar-refractivity contribution in [3.05, 3.63) is 35.4 Å². The van der Waals surface area contributed by atoms with Gasteiger partial charge in [-0.1, -0.05) is 24.3 Å². The van der Waals surface area contributed by atoms with E-state index >= 15 is 0 Å². The topological polar surface area (TPSA) is 70.2 Å². The van der Waals surface area contributed by atoms with E-state index in [0.29, 0.717) is 13.0 Å². The zero-order valence-electron chi connectivity index (χ0n) is 10.7. The van der Waals surface area contributed by atoms with E-state index in [1.165, 1.54) is 11.1 Å². The lowest BCUT2D eigenvalue weighted by Crippen LogP contribution is -2.49. The number of hydrogen-bond acceptors (Lipinski definition) is 3. The SMILES string of the molecule is CNC(=O)CNC(=O)C1Cc2ccccc2CN1.Cl. The van der Waals surface area contributed by atoms with E-state index in [-0.39, 0.29) is 36.8 Å². The van der Waals surface area contributed by atoms with E-state index in [9.17, 15) is 9.59 Å². The van der Waals surface area contributed by atoms with Gasteiger partial charge in [-0.3, -0.25) is 9.59 Å². The molecule has 0 radical (unpaired) electrons. The summed E-state index contributed by atoms with van der Waals surface area (Å²) in [6.45, 7) is 0.712. The number of nitrogens with one attached hydrogen (secondary N) is 3.